The van der Waals surface area contributed by atoms with E-state index in [0.717, 1.165) is 4.90 Å². The van der Waals surface area contributed by atoms with E-state index < -0.39 is 121 Å². The molecule has 12 rings (SSSR count). The summed E-state index contributed by atoms with van der Waals surface area (Å²) in [7, 11) is 0. The Hall–Kier alpha value is -8.17. The Balaban J connectivity index is 0.000000166. The molecule has 37 heteroatoms. The number of thiazole rings is 3. The first kappa shape index (κ1) is 77.4. The lowest BCUT2D eigenvalue weighted by Crippen LogP contribution is -2.43. The lowest BCUT2D eigenvalue weighted by molar-refractivity contribution is -0.143. The zero-order valence-electron chi connectivity index (χ0n) is 54.3. The molecule has 546 valence electrons. The van der Waals surface area contributed by atoms with Crippen molar-refractivity contribution < 1.29 is 89.0 Å². The van der Waals surface area contributed by atoms with Crippen LogP contribution in [0.2, 0.25) is 0 Å². The van der Waals surface area contributed by atoms with Crippen molar-refractivity contribution in [3.05, 3.63) is 186 Å². The van der Waals surface area contributed by atoms with Crippen LogP contribution in [0.4, 0.5) is 30.7 Å². The maximum Gasteiger partial charge on any atom is 0.338 e. The lowest BCUT2D eigenvalue weighted by atomic mass is 9.95. The number of nitrogens with zero attached hydrogens (tertiary/aromatic N) is 9. The second-order valence-electron chi connectivity index (χ2n) is 23.4. The maximum atomic E-state index is 14.2. The number of carbonyl (C=O) groups is 6. The highest BCUT2D eigenvalue weighted by Gasteiger charge is 2.50. The molecule has 3 aromatic heterocycles. The molecule has 0 saturated carbocycles. The summed E-state index contributed by atoms with van der Waals surface area (Å²) >= 11 is 13.9. The number of hydrogen-bond donors (Lipinski definition) is 6. The van der Waals surface area contributed by atoms with E-state index in [2.05, 4.69) is 83.7 Å². The first-order chi connectivity index (χ1) is 49.1. The van der Waals surface area contributed by atoms with Crippen molar-refractivity contribution >= 4 is 135 Å². The zero-order chi connectivity index (χ0) is 74.1. The minimum Gasteiger partial charge on any atom is -0.480 e. The van der Waals surface area contributed by atoms with E-state index in [1.807, 2.05) is 0 Å². The Morgan fingerprint density at radius 2 is 0.825 bits per heavy atom. The van der Waals surface area contributed by atoms with Gasteiger partial charge in [-0.2, -0.15) is 0 Å². The fraction of sp³-hybridized carbons (Fsp3) is 0.364. The third-order valence-electron chi connectivity index (χ3n) is 16.6. The average Bonchev–Trinajstić information content (AvgIpc) is 1.75. The number of aliphatic imine (C=N–C) groups is 3. The van der Waals surface area contributed by atoms with Gasteiger partial charge >= 0.3 is 35.8 Å². The van der Waals surface area contributed by atoms with Gasteiger partial charge in [-0.05, 0) is 73.9 Å². The van der Waals surface area contributed by atoms with Crippen LogP contribution < -0.4 is 16.0 Å². The number of likely N-dealkylation sites (tertiary alicyclic amines) is 3. The lowest BCUT2D eigenvalue weighted by Gasteiger charge is -2.30. The molecule has 0 aliphatic carbocycles. The fourth-order valence-corrected chi connectivity index (χ4v) is 15.6. The molecule has 6 aliphatic rings. The van der Waals surface area contributed by atoms with E-state index in [1.54, 1.807) is 55.5 Å². The van der Waals surface area contributed by atoms with Crippen LogP contribution in [0.5, 0.6) is 0 Å². The number of hydrogen-bond acceptors (Lipinski definition) is 24. The van der Waals surface area contributed by atoms with Gasteiger partial charge in [0.2, 0.25) is 0 Å². The van der Waals surface area contributed by atoms with Gasteiger partial charge in [0.25, 0.3) is 5.92 Å². The van der Waals surface area contributed by atoms with Gasteiger partial charge in [-0.1, -0.05) is 66.0 Å². The topological polar surface area (TPSA) is 312 Å². The predicted octanol–water partition coefficient (Wildman–Crippen LogP) is 10.6. The smallest absolute Gasteiger partial charge is 0.338 e. The molecule has 0 amide bonds. The van der Waals surface area contributed by atoms with Crippen molar-refractivity contribution in [2.75, 3.05) is 59.1 Å². The van der Waals surface area contributed by atoms with E-state index in [4.69, 9.17) is 24.2 Å². The summed E-state index contributed by atoms with van der Waals surface area (Å²) in [5, 5.41) is 44.7. The predicted molar refractivity (Wildman–Crippen MR) is 374 cm³/mol. The first-order valence-electron chi connectivity index (χ1n) is 31.5. The van der Waals surface area contributed by atoms with Crippen LogP contribution in [0, 0.1) is 17.5 Å². The van der Waals surface area contributed by atoms with E-state index in [-0.39, 0.29) is 93.6 Å². The van der Waals surface area contributed by atoms with Crippen LogP contribution in [0.1, 0.15) is 89.9 Å². The van der Waals surface area contributed by atoms with Gasteiger partial charge in [0, 0.05) is 117 Å². The minimum absolute atomic E-state index is 0.0128. The van der Waals surface area contributed by atoms with Crippen molar-refractivity contribution in [2.24, 2.45) is 15.0 Å². The fourth-order valence-electron chi connectivity index (χ4n) is 12.2. The second kappa shape index (κ2) is 34.2. The highest BCUT2D eigenvalue weighted by atomic mass is 79.9. The van der Waals surface area contributed by atoms with Crippen LogP contribution >= 0.6 is 81.8 Å². The molecule has 3 fully saturated rings. The number of benzene rings is 3. The summed E-state index contributed by atoms with van der Waals surface area (Å²) in [4.78, 5) is 105. The van der Waals surface area contributed by atoms with Crippen LogP contribution in [0.3, 0.4) is 0 Å². The van der Waals surface area contributed by atoms with Crippen LogP contribution in [-0.2, 0) is 43.0 Å². The number of aromatic nitrogens is 3. The van der Waals surface area contributed by atoms with Gasteiger partial charge in [-0.15, -0.1) is 34.0 Å². The van der Waals surface area contributed by atoms with Crippen LogP contribution in [0.15, 0.2) is 152 Å². The number of alkyl halides is 4. The maximum absolute atomic E-state index is 14.2. The van der Waals surface area contributed by atoms with Gasteiger partial charge in [0.15, 0.2) is 32.5 Å². The van der Waals surface area contributed by atoms with Crippen molar-refractivity contribution in [1.29, 1.82) is 0 Å². The molecule has 6 N–H and O–H groups in total. The van der Waals surface area contributed by atoms with Crippen molar-refractivity contribution in [3.63, 3.8) is 0 Å². The summed E-state index contributed by atoms with van der Waals surface area (Å²) < 4.78 is 115. The standard InChI is InChI=1S/C22H20BrF3N4O4S.2C22H21BrF2N4O4S/c1-2-34-21(33)16-14(9-30-10-22(25,26)8-15(30)20(31)32)28-18(19-27-5-6-35-19)29-17(16)12-4-3-11(24)7-13(12)23;2*1-2-33-22(32)17-15(10-29-9-12(25)8-16(29)21(30)31)27-19(20-26-5-6-34-20)28-18(17)13-4-3-11(24)7-14(13)23/h3-7,15,17H,2,8-10H2,1H3,(H,28,29)(H,31,32);2*3-7,12,16,18H,2,8-10H2,1H3,(H,27,28)(H,30,31)/t15-,17-;12-,16+,18+;12-,16-,18-/m010/s1. The molecule has 9 heterocycles. The number of rotatable bonds is 21. The Bertz CT molecular complexity index is 4210. The molecule has 0 spiro atoms. The number of esters is 3. The molecule has 8 atom stereocenters. The Morgan fingerprint density at radius 1 is 0.515 bits per heavy atom. The Labute approximate surface area is 620 Å². The van der Waals surface area contributed by atoms with Gasteiger partial charge in [-0.25, -0.2) is 60.1 Å². The van der Waals surface area contributed by atoms with Gasteiger partial charge in [0.1, 0.15) is 66.0 Å². The number of amidine groups is 3. The normalized spacial score (nSPS) is 22.6. The van der Waals surface area contributed by atoms with Crippen LogP contribution in [0.25, 0.3) is 0 Å². The Morgan fingerprint density at radius 3 is 1.10 bits per heavy atom. The average molecular weight is 1680 g/mol. The summed E-state index contributed by atoms with van der Waals surface area (Å²) in [6, 6.07) is 5.70. The Kier molecular flexibility index (Phi) is 25.7. The van der Waals surface area contributed by atoms with Crippen molar-refractivity contribution in [1.82, 2.24) is 45.6 Å². The number of halogens is 10. The van der Waals surface area contributed by atoms with E-state index in [0.29, 0.717) is 68.2 Å². The van der Waals surface area contributed by atoms with E-state index in [1.165, 1.54) is 98.4 Å². The third kappa shape index (κ3) is 18.5. The molecule has 3 saturated heterocycles. The quantitative estimate of drug-likeness (QED) is 0.0222. The molecule has 0 radical (unpaired) electrons. The van der Waals surface area contributed by atoms with Crippen molar-refractivity contribution in [2.45, 2.75) is 94.6 Å². The molecule has 103 heavy (non-hydrogen) atoms. The summed E-state index contributed by atoms with van der Waals surface area (Å²) in [5.74, 6) is -9.38. The minimum atomic E-state index is -3.20. The summed E-state index contributed by atoms with van der Waals surface area (Å²) in [6.07, 6.45) is 1.03. The number of ether oxygens (including phenoxy) is 3. The summed E-state index contributed by atoms with van der Waals surface area (Å²) in [6.45, 7) is 3.80. The van der Waals surface area contributed by atoms with Gasteiger partial charge in [-0.3, -0.25) is 44.1 Å². The number of carboxylic acids is 3. The molecular formula is C66H62Br3F7N12O12S3. The second-order valence-corrected chi connectivity index (χ2v) is 28.7. The first-order valence-corrected chi connectivity index (χ1v) is 36.5. The largest absolute Gasteiger partial charge is 0.480 e. The highest BCUT2D eigenvalue weighted by Crippen LogP contribution is 2.42. The molecule has 24 nitrogen and oxygen atoms in total. The van der Waals surface area contributed by atoms with Gasteiger partial charge < -0.3 is 45.5 Å². The van der Waals surface area contributed by atoms with Crippen LogP contribution in [-0.4, -0.2) is 194 Å². The number of nitrogens with one attached hydrogen (secondary N) is 3. The van der Waals surface area contributed by atoms with Gasteiger partial charge in [0.05, 0.1) is 43.1 Å². The molecule has 0 unspecified atom stereocenters. The van der Waals surface area contributed by atoms with E-state index >= 15 is 0 Å². The monoisotopic (exact) mass is 1680 g/mol. The van der Waals surface area contributed by atoms with E-state index in [9.17, 15) is 74.8 Å². The molecule has 6 aliphatic heterocycles. The highest BCUT2D eigenvalue weighted by molar-refractivity contribution is 9.11. The molecule has 0 bridgehead atoms. The SMILES string of the molecule is CCOC(=O)C1=C(CN2CC(F)(F)C[C@H]2C(=O)O)NC(c2nccs2)=N[C@H]1c1ccc(F)cc1Br.CCOC(=O)C1=C(CN2C[C@@H](F)C[C@H]2C(=O)O)NC(c2nccs2)=N[C@H]1c1ccc(F)cc1Br.CCOC(=O)C1=C(CN2C[C@H](F)C[C@H]2C(=O)O)NC(c2nccs2)=N[C@H]1c1ccc(F)cc1Br. The third-order valence-corrected chi connectivity index (χ3v) is 21.0. The molecular weight excluding hydrogens is 1620 g/mol. The number of carbonyl (C=O) groups excluding carboxylic acids is 3. The molecule has 3 aromatic carbocycles. The number of aliphatic carboxylic acids is 3. The zero-order valence-corrected chi connectivity index (χ0v) is 61.5. The molecule has 6 aromatic rings. The van der Waals surface area contributed by atoms with Crippen molar-refractivity contribution in [3.8, 4) is 0 Å². The number of carboxylic acid groups (broad SMARTS) is 3. The summed E-state index contributed by atoms with van der Waals surface area (Å²) in [5.41, 5.74) is 2.58.